The van der Waals surface area contributed by atoms with E-state index in [1.807, 2.05) is 13.1 Å². The van der Waals surface area contributed by atoms with Gasteiger partial charge in [0, 0.05) is 12.5 Å². The summed E-state index contributed by atoms with van der Waals surface area (Å²) in [6.45, 7) is 1.63. The van der Waals surface area contributed by atoms with Crippen molar-refractivity contribution in [3.05, 3.63) is 30.1 Å². The van der Waals surface area contributed by atoms with Crippen molar-refractivity contribution in [3.63, 3.8) is 0 Å². The van der Waals surface area contributed by atoms with Crippen LogP contribution in [-0.2, 0) is 4.79 Å². The first kappa shape index (κ1) is 11.8. The zero-order chi connectivity index (χ0) is 12.3. The Balaban J connectivity index is 2.20. The zero-order valence-electron chi connectivity index (χ0n) is 10.2. The van der Waals surface area contributed by atoms with Crippen LogP contribution in [0, 0.1) is 0 Å². The quantitative estimate of drug-likeness (QED) is 0.829. The minimum absolute atomic E-state index is 0.214. The van der Waals surface area contributed by atoms with Gasteiger partial charge < -0.3 is 15.1 Å². The third-order valence-electron chi connectivity index (χ3n) is 2.98. The second kappa shape index (κ2) is 5.10. The molecule has 0 saturated heterocycles. The van der Waals surface area contributed by atoms with Crippen molar-refractivity contribution in [3.8, 4) is 0 Å². The molecule has 0 radical (unpaired) electrons. The molecule has 4 nitrogen and oxygen atoms in total. The highest BCUT2D eigenvalue weighted by Crippen LogP contribution is 2.21. The molecular formula is C13H17N3O. The minimum Gasteiger partial charge on any atom is -0.345 e. The summed E-state index contributed by atoms with van der Waals surface area (Å²) in [4.78, 5) is 18.3. The van der Waals surface area contributed by atoms with Gasteiger partial charge in [0.25, 0.3) is 0 Å². The molecule has 1 aromatic heterocycles. The van der Waals surface area contributed by atoms with Gasteiger partial charge in [0.05, 0.1) is 17.4 Å². The van der Waals surface area contributed by atoms with Crippen molar-refractivity contribution in [1.29, 1.82) is 0 Å². The molecule has 1 aromatic carbocycles. The standard InChI is InChI=1S/C13H17N3O/c1-9(17)3-5-11(14-2)10-4-6-12-13(7-10)16-8-15-12/h4,6-8,11,14H,3,5H2,1-2H3,(H,15,16). The summed E-state index contributed by atoms with van der Waals surface area (Å²) in [6, 6.07) is 6.36. The SMILES string of the molecule is CNC(CCC(C)=O)c1ccc2nc[nH]c2c1. The van der Waals surface area contributed by atoms with Crippen LogP contribution in [-0.4, -0.2) is 22.8 Å². The van der Waals surface area contributed by atoms with Crippen LogP contribution in [0.5, 0.6) is 0 Å². The van der Waals surface area contributed by atoms with Gasteiger partial charge in [-0.05, 0) is 38.1 Å². The number of fused-ring (bicyclic) bond motifs is 1. The minimum atomic E-state index is 0.214. The molecule has 1 heterocycles. The average molecular weight is 231 g/mol. The molecule has 0 aliphatic heterocycles. The van der Waals surface area contributed by atoms with Gasteiger partial charge >= 0.3 is 0 Å². The molecule has 2 N–H and O–H groups in total. The number of nitrogens with one attached hydrogen (secondary N) is 2. The van der Waals surface area contributed by atoms with E-state index in [0.29, 0.717) is 6.42 Å². The largest absolute Gasteiger partial charge is 0.345 e. The molecule has 4 heteroatoms. The molecule has 0 aliphatic carbocycles. The van der Waals surface area contributed by atoms with Crippen LogP contribution in [0.1, 0.15) is 31.4 Å². The van der Waals surface area contributed by atoms with E-state index in [4.69, 9.17) is 0 Å². The van der Waals surface area contributed by atoms with Gasteiger partial charge in [-0.15, -0.1) is 0 Å². The van der Waals surface area contributed by atoms with Gasteiger partial charge in [-0.25, -0.2) is 4.98 Å². The van der Waals surface area contributed by atoms with E-state index in [1.54, 1.807) is 13.3 Å². The highest BCUT2D eigenvalue weighted by atomic mass is 16.1. The number of carbonyl (C=O) groups excluding carboxylic acids is 1. The number of Topliss-reactive ketones (excluding diaryl/α,β-unsaturated/α-hetero) is 1. The number of aromatic nitrogens is 2. The van der Waals surface area contributed by atoms with E-state index in [0.717, 1.165) is 17.5 Å². The van der Waals surface area contributed by atoms with Crippen LogP contribution in [0.4, 0.5) is 0 Å². The maximum Gasteiger partial charge on any atom is 0.129 e. The van der Waals surface area contributed by atoms with Gasteiger partial charge in [-0.3, -0.25) is 0 Å². The van der Waals surface area contributed by atoms with Crippen LogP contribution in [0.3, 0.4) is 0 Å². The molecule has 0 amide bonds. The molecule has 0 spiro atoms. The van der Waals surface area contributed by atoms with Crippen molar-refractivity contribution in [2.75, 3.05) is 7.05 Å². The lowest BCUT2D eigenvalue weighted by molar-refractivity contribution is -0.117. The van der Waals surface area contributed by atoms with Gasteiger partial charge in [-0.2, -0.15) is 0 Å². The maximum atomic E-state index is 11.0. The van der Waals surface area contributed by atoms with Crippen LogP contribution in [0.25, 0.3) is 11.0 Å². The predicted molar refractivity (Wildman–Crippen MR) is 67.8 cm³/mol. The van der Waals surface area contributed by atoms with Crippen molar-refractivity contribution in [2.45, 2.75) is 25.8 Å². The van der Waals surface area contributed by atoms with E-state index in [1.165, 1.54) is 5.56 Å². The summed E-state index contributed by atoms with van der Waals surface area (Å²) in [7, 11) is 1.92. The van der Waals surface area contributed by atoms with E-state index in [2.05, 4.69) is 27.4 Å². The maximum absolute atomic E-state index is 11.0. The number of rotatable bonds is 5. The summed E-state index contributed by atoms with van der Waals surface area (Å²) in [5.74, 6) is 0.230. The van der Waals surface area contributed by atoms with Crippen molar-refractivity contribution in [1.82, 2.24) is 15.3 Å². The number of ketones is 1. The monoisotopic (exact) mass is 231 g/mol. The molecule has 0 bridgehead atoms. The lowest BCUT2D eigenvalue weighted by atomic mass is 10.0. The third kappa shape index (κ3) is 2.71. The molecular weight excluding hydrogens is 214 g/mol. The van der Waals surface area contributed by atoms with E-state index in [9.17, 15) is 4.79 Å². The van der Waals surface area contributed by atoms with E-state index < -0.39 is 0 Å². The summed E-state index contributed by atoms with van der Waals surface area (Å²) in [6.07, 6.45) is 3.12. The van der Waals surface area contributed by atoms with Gasteiger partial charge in [0.15, 0.2) is 0 Å². The summed E-state index contributed by atoms with van der Waals surface area (Å²) in [5, 5.41) is 3.24. The summed E-state index contributed by atoms with van der Waals surface area (Å²) in [5.41, 5.74) is 3.19. The Labute approximate surface area is 100 Å². The fraction of sp³-hybridized carbons (Fsp3) is 0.385. The van der Waals surface area contributed by atoms with Crippen LogP contribution >= 0.6 is 0 Å². The lowest BCUT2D eigenvalue weighted by Gasteiger charge is -2.15. The molecule has 0 fully saturated rings. The highest BCUT2D eigenvalue weighted by molar-refractivity contribution is 5.76. The van der Waals surface area contributed by atoms with Crippen LogP contribution < -0.4 is 5.32 Å². The number of carbonyl (C=O) groups is 1. The summed E-state index contributed by atoms with van der Waals surface area (Å²) < 4.78 is 0. The fourth-order valence-corrected chi connectivity index (χ4v) is 2.00. The number of nitrogens with zero attached hydrogens (tertiary/aromatic N) is 1. The molecule has 1 unspecified atom stereocenters. The number of H-pyrrole nitrogens is 1. The number of imidazole rings is 1. The number of benzene rings is 1. The smallest absolute Gasteiger partial charge is 0.129 e. The Bertz CT molecular complexity index is 518. The van der Waals surface area contributed by atoms with E-state index in [-0.39, 0.29) is 11.8 Å². The Kier molecular flexibility index (Phi) is 3.54. The van der Waals surface area contributed by atoms with Crippen molar-refractivity contribution < 1.29 is 4.79 Å². The van der Waals surface area contributed by atoms with E-state index >= 15 is 0 Å². The Morgan fingerprint density at radius 1 is 1.53 bits per heavy atom. The van der Waals surface area contributed by atoms with Crippen LogP contribution in [0.2, 0.25) is 0 Å². The summed E-state index contributed by atoms with van der Waals surface area (Å²) >= 11 is 0. The second-order valence-electron chi connectivity index (χ2n) is 4.26. The zero-order valence-corrected chi connectivity index (χ0v) is 10.2. The normalized spacial score (nSPS) is 12.8. The van der Waals surface area contributed by atoms with Gasteiger partial charge in [0.2, 0.25) is 0 Å². The van der Waals surface area contributed by atoms with Crippen molar-refractivity contribution >= 4 is 16.8 Å². The first-order valence-corrected chi connectivity index (χ1v) is 5.80. The number of hydrogen-bond donors (Lipinski definition) is 2. The molecule has 17 heavy (non-hydrogen) atoms. The molecule has 2 rings (SSSR count). The average Bonchev–Trinajstić information content (AvgIpc) is 2.76. The topological polar surface area (TPSA) is 57.8 Å². The number of aromatic amines is 1. The van der Waals surface area contributed by atoms with Crippen LogP contribution in [0.15, 0.2) is 24.5 Å². The first-order valence-electron chi connectivity index (χ1n) is 5.80. The molecule has 2 aromatic rings. The third-order valence-corrected chi connectivity index (χ3v) is 2.98. The molecule has 90 valence electrons. The predicted octanol–water partition coefficient (Wildman–Crippen LogP) is 2.19. The molecule has 1 atom stereocenters. The second-order valence-corrected chi connectivity index (χ2v) is 4.26. The van der Waals surface area contributed by atoms with Crippen molar-refractivity contribution in [2.24, 2.45) is 0 Å². The highest BCUT2D eigenvalue weighted by Gasteiger charge is 2.11. The lowest BCUT2D eigenvalue weighted by Crippen LogP contribution is -2.17. The van der Waals surface area contributed by atoms with Gasteiger partial charge in [-0.1, -0.05) is 6.07 Å². The molecule has 0 saturated carbocycles. The Morgan fingerprint density at radius 2 is 2.35 bits per heavy atom. The van der Waals surface area contributed by atoms with Gasteiger partial charge in [0.1, 0.15) is 5.78 Å². The Hall–Kier alpha value is -1.68. The molecule has 0 aliphatic rings. The Morgan fingerprint density at radius 3 is 3.06 bits per heavy atom. The fourth-order valence-electron chi connectivity index (χ4n) is 2.00. The first-order chi connectivity index (χ1) is 8.20. The number of hydrogen-bond acceptors (Lipinski definition) is 3.